The predicted octanol–water partition coefficient (Wildman–Crippen LogP) is 0.227. The average molecular weight is 182 g/mol. The zero-order chi connectivity index (χ0) is 9.84. The van der Waals surface area contributed by atoms with Crippen LogP contribution in [0.4, 0.5) is 5.69 Å². The number of nitrogens with one attached hydrogen (secondary N) is 1. The summed E-state index contributed by atoms with van der Waals surface area (Å²) in [7, 11) is 1.74. The Morgan fingerprint density at radius 3 is 2.69 bits per heavy atom. The van der Waals surface area contributed by atoms with Crippen LogP contribution in [0, 0.1) is 0 Å². The van der Waals surface area contributed by atoms with E-state index in [-0.39, 0.29) is 18.4 Å². The first kappa shape index (κ1) is 9.83. The maximum absolute atomic E-state index is 9.10. The fourth-order valence-electron chi connectivity index (χ4n) is 1.22. The van der Waals surface area contributed by atoms with Crippen LogP contribution in [0.25, 0.3) is 0 Å². The largest absolute Gasteiger partial charge is 0.508 e. The van der Waals surface area contributed by atoms with Gasteiger partial charge in [-0.05, 0) is 18.7 Å². The number of anilines is 1. The minimum atomic E-state index is -0.180. The van der Waals surface area contributed by atoms with Gasteiger partial charge >= 0.3 is 0 Å². The molecule has 13 heavy (non-hydrogen) atoms. The van der Waals surface area contributed by atoms with E-state index in [2.05, 4.69) is 5.32 Å². The second-order valence-corrected chi connectivity index (χ2v) is 2.84. The lowest BCUT2D eigenvalue weighted by atomic mass is 10.1. The van der Waals surface area contributed by atoms with Crippen molar-refractivity contribution in [2.45, 2.75) is 6.04 Å². The molecule has 4 heteroatoms. The summed E-state index contributed by atoms with van der Waals surface area (Å²) in [6.45, 7) is -0.0223. The van der Waals surface area contributed by atoms with Gasteiger partial charge in [-0.15, -0.1) is 0 Å². The lowest BCUT2D eigenvalue weighted by Gasteiger charge is -2.15. The van der Waals surface area contributed by atoms with Crippen molar-refractivity contribution in [3.05, 3.63) is 23.8 Å². The number of likely N-dealkylation sites (N-methyl/N-ethyl adjacent to an activating group) is 1. The molecule has 0 saturated heterocycles. The second-order valence-electron chi connectivity index (χ2n) is 2.84. The smallest absolute Gasteiger partial charge is 0.117 e. The van der Waals surface area contributed by atoms with Crippen LogP contribution in [-0.2, 0) is 0 Å². The first-order valence-corrected chi connectivity index (χ1v) is 4.05. The Bertz CT molecular complexity index is 285. The van der Waals surface area contributed by atoms with Crippen LogP contribution >= 0.6 is 0 Å². The van der Waals surface area contributed by atoms with Gasteiger partial charge in [0.25, 0.3) is 0 Å². The van der Waals surface area contributed by atoms with Crippen LogP contribution in [0.15, 0.2) is 18.2 Å². The van der Waals surface area contributed by atoms with Crippen molar-refractivity contribution < 1.29 is 10.2 Å². The summed E-state index contributed by atoms with van der Waals surface area (Å²) in [6.07, 6.45) is 0. The lowest BCUT2D eigenvalue weighted by molar-refractivity contribution is 0.251. The number of aliphatic hydroxyl groups excluding tert-OH is 1. The molecule has 0 aliphatic rings. The predicted molar refractivity (Wildman–Crippen MR) is 51.4 cm³/mol. The number of hydrogen-bond donors (Lipinski definition) is 4. The van der Waals surface area contributed by atoms with E-state index in [0.717, 1.165) is 5.56 Å². The summed E-state index contributed by atoms with van der Waals surface area (Å²) in [6, 6.07) is 4.53. The Kier molecular flexibility index (Phi) is 3.11. The van der Waals surface area contributed by atoms with Gasteiger partial charge in [0, 0.05) is 11.8 Å². The Balaban J connectivity index is 2.99. The van der Waals surface area contributed by atoms with Crippen LogP contribution < -0.4 is 11.1 Å². The highest BCUT2D eigenvalue weighted by atomic mass is 16.3. The number of phenols is 1. The third kappa shape index (κ3) is 2.11. The fraction of sp³-hybridized carbons (Fsp3) is 0.333. The quantitative estimate of drug-likeness (QED) is 0.504. The molecule has 0 heterocycles. The zero-order valence-electron chi connectivity index (χ0n) is 7.49. The second kappa shape index (κ2) is 4.11. The van der Waals surface area contributed by atoms with Gasteiger partial charge in [0.1, 0.15) is 5.75 Å². The summed E-state index contributed by atoms with van der Waals surface area (Å²) in [5.74, 6) is 0.133. The lowest BCUT2D eigenvalue weighted by Crippen LogP contribution is -2.20. The van der Waals surface area contributed by atoms with E-state index in [1.165, 1.54) is 6.07 Å². The van der Waals surface area contributed by atoms with Crippen molar-refractivity contribution in [1.29, 1.82) is 0 Å². The normalized spacial score (nSPS) is 12.8. The standard InChI is InChI=1S/C9H14N2O2/c1-11-9(5-12)7-3-2-6(13)4-8(7)10/h2-4,9,11-13H,5,10H2,1H3. The van der Waals surface area contributed by atoms with Crippen LogP contribution in [0.3, 0.4) is 0 Å². The molecular formula is C9H14N2O2. The average Bonchev–Trinajstić information content (AvgIpc) is 2.10. The van der Waals surface area contributed by atoms with Crippen molar-refractivity contribution in [3.63, 3.8) is 0 Å². The van der Waals surface area contributed by atoms with E-state index in [1.807, 2.05) is 0 Å². The molecule has 0 aliphatic carbocycles. The van der Waals surface area contributed by atoms with Crippen molar-refractivity contribution in [1.82, 2.24) is 5.32 Å². The number of rotatable bonds is 3. The molecule has 1 aromatic carbocycles. The van der Waals surface area contributed by atoms with E-state index in [0.29, 0.717) is 5.69 Å². The summed E-state index contributed by atoms with van der Waals surface area (Å²) < 4.78 is 0. The number of nitrogen functional groups attached to an aromatic ring is 1. The van der Waals surface area contributed by atoms with E-state index in [4.69, 9.17) is 15.9 Å². The maximum atomic E-state index is 9.10. The molecule has 1 aromatic rings. The minimum Gasteiger partial charge on any atom is -0.508 e. The molecule has 0 amide bonds. The molecule has 0 fully saturated rings. The highest BCUT2D eigenvalue weighted by Gasteiger charge is 2.10. The van der Waals surface area contributed by atoms with Gasteiger partial charge in [-0.3, -0.25) is 0 Å². The topological polar surface area (TPSA) is 78.5 Å². The molecule has 1 atom stereocenters. The summed E-state index contributed by atoms with van der Waals surface area (Å²) in [4.78, 5) is 0. The molecule has 0 spiro atoms. The molecule has 5 N–H and O–H groups in total. The number of aliphatic hydroxyl groups is 1. The Morgan fingerprint density at radius 1 is 1.54 bits per heavy atom. The van der Waals surface area contributed by atoms with Crippen LogP contribution in [0.1, 0.15) is 11.6 Å². The van der Waals surface area contributed by atoms with Gasteiger partial charge in [0.2, 0.25) is 0 Å². The molecule has 1 rings (SSSR count). The fourth-order valence-corrected chi connectivity index (χ4v) is 1.22. The molecule has 72 valence electrons. The van der Waals surface area contributed by atoms with Gasteiger partial charge in [-0.2, -0.15) is 0 Å². The maximum Gasteiger partial charge on any atom is 0.117 e. The van der Waals surface area contributed by atoms with Gasteiger partial charge in [-0.1, -0.05) is 6.07 Å². The number of phenolic OH excluding ortho intramolecular Hbond substituents is 1. The SMILES string of the molecule is CNC(CO)c1ccc(O)cc1N. The first-order chi connectivity index (χ1) is 6.19. The Morgan fingerprint density at radius 2 is 2.23 bits per heavy atom. The van der Waals surface area contributed by atoms with Crippen LogP contribution in [0.5, 0.6) is 5.75 Å². The van der Waals surface area contributed by atoms with Crippen molar-refractivity contribution in [2.75, 3.05) is 19.4 Å². The zero-order valence-corrected chi connectivity index (χ0v) is 7.49. The highest BCUT2D eigenvalue weighted by Crippen LogP contribution is 2.23. The number of aromatic hydroxyl groups is 1. The third-order valence-electron chi connectivity index (χ3n) is 1.98. The Hall–Kier alpha value is -1.26. The minimum absolute atomic E-state index is 0.0223. The highest BCUT2D eigenvalue weighted by molar-refractivity contribution is 5.52. The summed E-state index contributed by atoms with van der Waals surface area (Å²) >= 11 is 0. The number of hydrogen-bond acceptors (Lipinski definition) is 4. The van der Waals surface area contributed by atoms with E-state index >= 15 is 0 Å². The number of benzene rings is 1. The molecule has 0 saturated carbocycles. The van der Waals surface area contributed by atoms with Crippen LogP contribution in [0.2, 0.25) is 0 Å². The molecule has 0 bridgehead atoms. The van der Waals surface area contributed by atoms with Crippen molar-refractivity contribution in [2.24, 2.45) is 0 Å². The van der Waals surface area contributed by atoms with Gasteiger partial charge in [-0.25, -0.2) is 0 Å². The molecule has 0 radical (unpaired) electrons. The molecular weight excluding hydrogens is 168 g/mol. The van der Waals surface area contributed by atoms with Crippen LogP contribution in [-0.4, -0.2) is 23.9 Å². The number of nitrogens with two attached hydrogens (primary N) is 1. The summed E-state index contributed by atoms with van der Waals surface area (Å²) in [5.41, 5.74) is 6.94. The summed E-state index contributed by atoms with van der Waals surface area (Å²) in [5, 5.41) is 21.0. The first-order valence-electron chi connectivity index (χ1n) is 4.05. The molecule has 0 aliphatic heterocycles. The molecule has 0 aromatic heterocycles. The van der Waals surface area contributed by atoms with Crippen molar-refractivity contribution >= 4 is 5.69 Å². The van der Waals surface area contributed by atoms with Crippen molar-refractivity contribution in [3.8, 4) is 5.75 Å². The third-order valence-corrected chi connectivity index (χ3v) is 1.98. The Labute approximate surface area is 77.0 Å². The van der Waals surface area contributed by atoms with Gasteiger partial charge in [0.15, 0.2) is 0 Å². The van der Waals surface area contributed by atoms with E-state index in [1.54, 1.807) is 19.2 Å². The molecule has 4 nitrogen and oxygen atoms in total. The van der Waals surface area contributed by atoms with Gasteiger partial charge < -0.3 is 21.3 Å². The van der Waals surface area contributed by atoms with E-state index in [9.17, 15) is 0 Å². The molecule has 1 unspecified atom stereocenters. The van der Waals surface area contributed by atoms with E-state index < -0.39 is 0 Å². The monoisotopic (exact) mass is 182 g/mol. The van der Waals surface area contributed by atoms with Gasteiger partial charge in [0.05, 0.1) is 12.6 Å².